The molecule has 1 aliphatic carbocycles. The second kappa shape index (κ2) is 10.4. The number of nitrogens with one attached hydrogen (secondary N) is 2. The monoisotopic (exact) mass is 341 g/mol. The van der Waals surface area contributed by atoms with Gasteiger partial charge in [-0.15, -0.1) is 0 Å². The maximum atomic E-state index is 4.79. The molecule has 0 aromatic rings. The van der Waals surface area contributed by atoms with Crippen LogP contribution in [0.4, 0.5) is 0 Å². The summed E-state index contributed by atoms with van der Waals surface area (Å²) in [5.41, 5.74) is 0. The third-order valence-electron chi connectivity index (χ3n) is 5.00. The number of nitrogens with zero attached hydrogens (tertiary/aromatic N) is 3. The first-order valence-electron chi connectivity index (χ1n) is 9.27. The zero-order chi connectivity index (χ0) is 16.5. The standard InChI is InChI=1S/C17H35N5S/c1-4-18-17(20-15-6-7-16(14-15)23-3)19-8-9-22-12-10-21(5-2)11-13-22/h15-16H,4-14H2,1-3H3,(H2,18,19,20). The first kappa shape index (κ1) is 18.9. The number of aliphatic imine (C=N–C) groups is 1. The van der Waals surface area contributed by atoms with Gasteiger partial charge in [0.2, 0.25) is 0 Å². The summed E-state index contributed by atoms with van der Waals surface area (Å²) < 4.78 is 0. The fourth-order valence-corrected chi connectivity index (χ4v) is 4.23. The molecular weight excluding hydrogens is 306 g/mol. The molecule has 0 aromatic heterocycles. The Bertz CT molecular complexity index is 355. The van der Waals surface area contributed by atoms with Gasteiger partial charge in [0.25, 0.3) is 0 Å². The molecule has 134 valence electrons. The Morgan fingerprint density at radius 2 is 1.87 bits per heavy atom. The van der Waals surface area contributed by atoms with Crippen LogP contribution in [-0.2, 0) is 0 Å². The van der Waals surface area contributed by atoms with Gasteiger partial charge in [-0.1, -0.05) is 6.92 Å². The molecule has 0 amide bonds. The summed E-state index contributed by atoms with van der Waals surface area (Å²) in [5, 5.41) is 7.86. The van der Waals surface area contributed by atoms with Crippen LogP contribution in [0.5, 0.6) is 0 Å². The molecule has 0 bridgehead atoms. The first-order valence-corrected chi connectivity index (χ1v) is 10.6. The van der Waals surface area contributed by atoms with Crippen LogP contribution in [0.3, 0.4) is 0 Å². The highest BCUT2D eigenvalue weighted by molar-refractivity contribution is 7.99. The minimum absolute atomic E-state index is 0.596. The predicted molar refractivity (Wildman–Crippen MR) is 103 cm³/mol. The minimum atomic E-state index is 0.596. The molecule has 2 aliphatic rings. The van der Waals surface area contributed by atoms with Gasteiger partial charge in [0.05, 0.1) is 6.54 Å². The van der Waals surface area contributed by atoms with E-state index >= 15 is 0 Å². The van der Waals surface area contributed by atoms with Crippen molar-refractivity contribution in [3.8, 4) is 0 Å². The fraction of sp³-hybridized carbons (Fsp3) is 0.941. The van der Waals surface area contributed by atoms with Gasteiger partial charge in [-0.3, -0.25) is 9.89 Å². The molecule has 1 heterocycles. The molecule has 6 heteroatoms. The lowest BCUT2D eigenvalue weighted by Gasteiger charge is -2.33. The number of piperazine rings is 1. The molecule has 0 aromatic carbocycles. The van der Waals surface area contributed by atoms with Crippen molar-refractivity contribution in [2.24, 2.45) is 4.99 Å². The number of thioether (sulfide) groups is 1. The van der Waals surface area contributed by atoms with Crippen molar-refractivity contribution in [3.05, 3.63) is 0 Å². The summed E-state index contributed by atoms with van der Waals surface area (Å²) in [6.45, 7) is 13.2. The normalized spacial score (nSPS) is 27.3. The molecule has 2 unspecified atom stereocenters. The molecule has 1 aliphatic heterocycles. The van der Waals surface area contributed by atoms with E-state index in [2.05, 4.69) is 40.5 Å². The Labute approximate surface area is 146 Å². The van der Waals surface area contributed by atoms with Crippen molar-refractivity contribution in [2.45, 2.75) is 44.4 Å². The van der Waals surface area contributed by atoms with Gasteiger partial charge in [0, 0.05) is 50.6 Å². The highest BCUT2D eigenvalue weighted by Gasteiger charge is 2.24. The minimum Gasteiger partial charge on any atom is -0.357 e. The third-order valence-corrected chi connectivity index (χ3v) is 6.10. The van der Waals surface area contributed by atoms with E-state index in [1.807, 2.05) is 11.8 Å². The largest absolute Gasteiger partial charge is 0.357 e. The predicted octanol–water partition coefficient (Wildman–Crippen LogP) is 1.46. The zero-order valence-electron chi connectivity index (χ0n) is 15.2. The quantitative estimate of drug-likeness (QED) is 0.542. The van der Waals surface area contributed by atoms with E-state index in [-0.39, 0.29) is 0 Å². The average molecular weight is 342 g/mol. The molecule has 5 nitrogen and oxygen atoms in total. The molecule has 0 radical (unpaired) electrons. The maximum absolute atomic E-state index is 4.79. The van der Waals surface area contributed by atoms with Crippen LogP contribution >= 0.6 is 11.8 Å². The highest BCUT2D eigenvalue weighted by Crippen LogP contribution is 2.27. The van der Waals surface area contributed by atoms with Gasteiger partial charge in [-0.25, -0.2) is 0 Å². The van der Waals surface area contributed by atoms with Crippen molar-refractivity contribution < 1.29 is 0 Å². The highest BCUT2D eigenvalue weighted by atomic mass is 32.2. The summed E-state index contributed by atoms with van der Waals surface area (Å²) in [7, 11) is 0. The molecule has 2 N–H and O–H groups in total. The van der Waals surface area contributed by atoms with Crippen molar-refractivity contribution in [1.29, 1.82) is 0 Å². The average Bonchev–Trinajstić information content (AvgIpc) is 3.03. The second-order valence-corrected chi connectivity index (χ2v) is 7.69. The van der Waals surface area contributed by atoms with E-state index in [9.17, 15) is 0 Å². The molecule has 2 fully saturated rings. The maximum Gasteiger partial charge on any atom is 0.191 e. The van der Waals surface area contributed by atoms with Crippen LogP contribution in [-0.4, -0.2) is 85.7 Å². The summed E-state index contributed by atoms with van der Waals surface area (Å²) >= 11 is 2.00. The molecular formula is C17H35N5S. The van der Waals surface area contributed by atoms with Crippen LogP contribution in [0.15, 0.2) is 4.99 Å². The van der Waals surface area contributed by atoms with Crippen molar-refractivity contribution in [3.63, 3.8) is 0 Å². The molecule has 0 spiro atoms. The lowest BCUT2D eigenvalue weighted by Crippen LogP contribution is -2.47. The molecule has 1 saturated heterocycles. The topological polar surface area (TPSA) is 42.9 Å². The van der Waals surface area contributed by atoms with Crippen molar-refractivity contribution in [2.75, 3.05) is 58.6 Å². The van der Waals surface area contributed by atoms with Gasteiger partial charge in [0.1, 0.15) is 0 Å². The van der Waals surface area contributed by atoms with E-state index in [0.29, 0.717) is 6.04 Å². The Morgan fingerprint density at radius 3 is 2.48 bits per heavy atom. The Morgan fingerprint density at radius 1 is 1.13 bits per heavy atom. The Balaban J connectivity index is 1.71. The molecule has 23 heavy (non-hydrogen) atoms. The van der Waals surface area contributed by atoms with E-state index < -0.39 is 0 Å². The van der Waals surface area contributed by atoms with E-state index in [1.165, 1.54) is 52.0 Å². The van der Waals surface area contributed by atoms with E-state index in [1.54, 1.807) is 0 Å². The van der Waals surface area contributed by atoms with Gasteiger partial charge in [0.15, 0.2) is 5.96 Å². The summed E-state index contributed by atoms with van der Waals surface area (Å²) in [6, 6.07) is 0.596. The van der Waals surface area contributed by atoms with E-state index in [4.69, 9.17) is 4.99 Å². The lowest BCUT2D eigenvalue weighted by molar-refractivity contribution is 0.140. The smallest absolute Gasteiger partial charge is 0.191 e. The zero-order valence-corrected chi connectivity index (χ0v) is 16.0. The van der Waals surface area contributed by atoms with Crippen LogP contribution in [0.1, 0.15) is 33.1 Å². The molecule has 1 saturated carbocycles. The summed E-state index contributed by atoms with van der Waals surface area (Å²) in [5.74, 6) is 1.01. The van der Waals surface area contributed by atoms with Crippen molar-refractivity contribution >= 4 is 17.7 Å². The van der Waals surface area contributed by atoms with Gasteiger partial charge < -0.3 is 15.5 Å². The van der Waals surface area contributed by atoms with Crippen LogP contribution in [0, 0.1) is 0 Å². The summed E-state index contributed by atoms with van der Waals surface area (Å²) in [6.07, 6.45) is 6.10. The first-order chi connectivity index (χ1) is 11.2. The van der Waals surface area contributed by atoms with E-state index in [0.717, 1.165) is 30.8 Å². The number of rotatable bonds is 7. The van der Waals surface area contributed by atoms with Crippen LogP contribution in [0.25, 0.3) is 0 Å². The van der Waals surface area contributed by atoms with Crippen molar-refractivity contribution in [1.82, 2.24) is 20.4 Å². The van der Waals surface area contributed by atoms with Gasteiger partial charge in [-0.2, -0.15) is 11.8 Å². The number of hydrogen-bond donors (Lipinski definition) is 2. The second-order valence-electron chi connectivity index (χ2n) is 6.55. The fourth-order valence-electron chi connectivity index (χ4n) is 3.43. The van der Waals surface area contributed by atoms with Gasteiger partial charge >= 0.3 is 0 Å². The SMILES string of the molecule is CCNC(=NCCN1CCN(CC)CC1)NC1CCC(SC)C1. The summed E-state index contributed by atoms with van der Waals surface area (Å²) in [4.78, 5) is 9.86. The lowest BCUT2D eigenvalue weighted by atomic mass is 10.2. The Kier molecular flexibility index (Phi) is 8.55. The molecule has 2 rings (SSSR count). The number of hydrogen-bond acceptors (Lipinski definition) is 4. The molecule has 2 atom stereocenters. The van der Waals surface area contributed by atoms with Crippen LogP contribution < -0.4 is 10.6 Å². The van der Waals surface area contributed by atoms with Gasteiger partial charge in [-0.05, 0) is 39.0 Å². The number of likely N-dealkylation sites (N-methyl/N-ethyl adjacent to an activating group) is 1. The Hall–Kier alpha value is -0.460. The number of guanidine groups is 1. The van der Waals surface area contributed by atoms with Crippen LogP contribution in [0.2, 0.25) is 0 Å². The third kappa shape index (κ3) is 6.51.